The Labute approximate surface area is 289 Å². The van der Waals surface area contributed by atoms with Gasteiger partial charge in [0.25, 0.3) is 0 Å². The first-order valence-corrected chi connectivity index (χ1v) is 19.0. The molecule has 1 saturated carbocycles. The molecule has 8 rings (SSSR count). The van der Waals surface area contributed by atoms with Crippen LogP contribution < -0.4 is 22.1 Å². The Kier molecular flexibility index (Phi) is 9.00. The highest BCUT2D eigenvalue weighted by molar-refractivity contribution is 5.87. The van der Waals surface area contributed by atoms with Crippen molar-refractivity contribution >= 4 is 11.8 Å². The number of aliphatic hydroxyl groups excluding tert-OH is 2. The number of nitrogens with one attached hydrogen (secondary N) is 1. The van der Waals surface area contributed by atoms with E-state index in [4.69, 9.17) is 25.7 Å². The third-order valence-corrected chi connectivity index (χ3v) is 14.4. The fourth-order valence-electron chi connectivity index (χ4n) is 11.8. The molecule has 6 fully saturated rings. The van der Waals surface area contributed by atoms with Gasteiger partial charge in [-0.25, -0.2) is 4.79 Å². The van der Waals surface area contributed by atoms with Crippen LogP contribution in [0, 0.1) is 47.3 Å². The van der Waals surface area contributed by atoms with Crippen LogP contribution in [0.1, 0.15) is 72.1 Å². The normalized spacial score (nSPS) is 49.4. The van der Waals surface area contributed by atoms with Crippen LogP contribution in [0.2, 0.25) is 0 Å². The van der Waals surface area contributed by atoms with Crippen molar-refractivity contribution in [2.24, 2.45) is 58.8 Å². The van der Waals surface area contributed by atoms with Crippen molar-refractivity contribution in [2.75, 3.05) is 19.7 Å². The molecule has 5 heterocycles. The first-order valence-electron chi connectivity index (χ1n) is 19.0. The van der Waals surface area contributed by atoms with E-state index in [1.54, 1.807) is 13.0 Å². The molecule has 0 spiro atoms. The number of nitrogens with two attached hydrogens (primary N) is 3. The first kappa shape index (κ1) is 34.1. The van der Waals surface area contributed by atoms with E-state index >= 15 is 0 Å². The molecule has 2 bridgehead atoms. The Bertz CT molecular complexity index is 1450. The molecule has 11 nitrogen and oxygen atoms in total. The van der Waals surface area contributed by atoms with Gasteiger partial charge in [0.15, 0.2) is 0 Å². The average molecular weight is 682 g/mol. The van der Waals surface area contributed by atoms with Gasteiger partial charge in [-0.1, -0.05) is 17.7 Å². The molecule has 0 aromatic heterocycles. The Balaban J connectivity index is 1.30. The summed E-state index contributed by atoms with van der Waals surface area (Å²) in [5.74, 6) is -0.692. The summed E-state index contributed by atoms with van der Waals surface area (Å²) in [5.41, 5.74) is 17.3. The molecule has 9 N–H and O–H groups in total. The third-order valence-electron chi connectivity index (χ3n) is 14.4. The maximum absolute atomic E-state index is 13.8. The van der Waals surface area contributed by atoms with Gasteiger partial charge < -0.3 is 40.8 Å². The van der Waals surface area contributed by atoms with Crippen LogP contribution in [-0.4, -0.2) is 90.1 Å². The molecule has 0 aromatic rings. The molecular formula is C38H57N4O7+. The smallest absolute Gasteiger partial charge is 0.333 e. The lowest BCUT2D eigenvalue weighted by Crippen LogP contribution is -2.96. The summed E-state index contributed by atoms with van der Waals surface area (Å²) in [7, 11) is 0. The zero-order valence-corrected chi connectivity index (χ0v) is 29.3. The van der Waals surface area contributed by atoms with Crippen LogP contribution in [0.5, 0.6) is 0 Å². The highest BCUT2D eigenvalue weighted by atomic mass is 16.6. The number of hydrogen-bond acceptors (Lipinski definition) is 10. The number of carbonyl (C=O) groups excluding carboxylic acids is 2. The average Bonchev–Trinajstić information content (AvgIpc) is 3.39. The van der Waals surface area contributed by atoms with E-state index in [1.165, 1.54) is 16.7 Å². The Morgan fingerprint density at radius 3 is 2.71 bits per heavy atom. The zero-order valence-electron chi connectivity index (χ0n) is 29.3. The summed E-state index contributed by atoms with van der Waals surface area (Å²) in [4.78, 5) is 27.4. The number of Topliss-reactive ketones (excluding diaryl/α,β-unsaturated/α-hetero) is 1. The summed E-state index contributed by atoms with van der Waals surface area (Å²) < 4.78 is 20.7. The van der Waals surface area contributed by atoms with Crippen molar-refractivity contribution in [1.29, 1.82) is 0 Å². The van der Waals surface area contributed by atoms with Crippen LogP contribution in [0.4, 0.5) is 0 Å². The van der Waals surface area contributed by atoms with E-state index in [0.29, 0.717) is 23.8 Å². The van der Waals surface area contributed by atoms with E-state index in [2.05, 4.69) is 23.6 Å². The van der Waals surface area contributed by atoms with Gasteiger partial charge in [-0.15, -0.1) is 0 Å². The van der Waals surface area contributed by atoms with Gasteiger partial charge in [-0.2, -0.15) is 0 Å². The Hall–Kier alpha value is -1.96. The minimum absolute atomic E-state index is 0.0584. The minimum Gasteiger partial charge on any atom is -0.456 e. The number of carbonyl (C=O) groups is 2. The molecule has 8 aliphatic rings. The number of quaternary nitrogens is 1. The Morgan fingerprint density at radius 2 is 1.94 bits per heavy atom. The van der Waals surface area contributed by atoms with E-state index < -0.39 is 48.0 Å². The van der Waals surface area contributed by atoms with Gasteiger partial charge in [0.05, 0.1) is 49.7 Å². The number of aliphatic hydroxyl groups is 2. The number of ether oxygens (including phenoxy) is 3. The fraction of sp³-hybridized carbons (Fsp3) is 0.789. The predicted molar refractivity (Wildman–Crippen MR) is 180 cm³/mol. The van der Waals surface area contributed by atoms with E-state index in [0.717, 1.165) is 51.6 Å². The molecule has 49 heavy (non-hydrogen) atoms. The van der Waals surface area contributed by atoms with Crippen molar-refractivity contribution < 1.29 is 39.3 Å². The van der Waals surface area contributed by atoms with Gasteiger partial charge in [-0.05, 0) is 88.8 Å². The summed E-state index contributed by atoms with van der Waals surface area (Å²) in [6.45, 7) is 7.25. The highest BCUT2D eigenvalue weighted by Crippen LogP contribution is 2.59. The summed E-state index contributed by atoms with van der Waals surface area (Å²) in [6, 6.07) is 0. The lowest BCUT2D eigenvalue weighted by molar-refractivity contribution is -0.706. The number of hydrogen-bond donors (Lipinski definition) is 6. The standard InChI is InChI=1S/C38H56N4O7/c1-4-17(2)37(46)48-28-14-24-33(45)32-27(44)13-22(16-43)47-35(32)25-10-19-7-8-41-36(40)31(19)23-6-5-18-9-20-12-29(39)42-15-21(20)11-26(30(18)23)38(28,3)49-34(24)25/h4,6,19-22,24-26,28-29,31-36,41-43,45H,5,7-16,39-40H2,1-3H3/p+1. The third kappa shape index (κ3) is 5.53. The number of allylic oxidation sites excluding steroid dienone is 3. The topological polar surface area (TPSA) is 183 Å². The number of ketones is 1. The maximum atomic E-state index is 13.8. The number of esters is 1. The van der Waals surface area contributed by atoms with E-state index in [-0.39, 0.29) is 60.8 Å². The largest absolute Gasteiger partial charge is 0.456 e. The summed E-state index contributed by atoms with van der Waals surface area (Å²) >= 11 is 0. The van der Waals surface area contributed by atoms with Crippen molar-refractivity contribution in [2.45, 2.75) is 121 Å². The molecule has 0 aromatic carbocycles. The fourth-order valence-corrected chi connectivity index (χ4v) is 11.8. The van der Waals surface area contributed by atoms with Crippen LogP contribution in [0.15, 0.2) is 34.4 Å². The van der Waals surface area contributed by atoms with Gasteiger partial charge in [0.2, 0.25) is 0 Å². The highest BCUT2D eigenvalue weighted by Gasteiger charge is 2.65. The molecule has 11 heteroatoms. The second-order valence-electron chi connectivity index (χ2n) is 16.8. The number of rotatable bonds is 3. The van der Waals surface area contributed by atoms with Crippen LogP contribution in [-0.2, 0) is 23.8 Å². The Morgan fingerprint density at radius 1 is 1.12 bits per heavy atom. The molecule has 16 unspecified atom stereocenters. The second-order valence-corrected chi connectivity index (χ2v) is 16.8. The van der Waals surface area contributed by atoms with Crippen LogP contribution in [0.25, 0.3) is 0 Å². The number of piperidine rings is 2. The zero-order chi connectivity index (χ0) is 34.4. The minimum atomic E-state index is -1.01. The summed E-state index contributed by atoms with van der Waals surface area (Å²) in [6.07, 6.45) is 6.68. The van der Waals surface area contributed by atoms with Crippen LogP contribution in [0.3, 0.4) is 0 Å². The van der Waals surface area contributed by atoms with Gasteiger partial charge in [0.1, 0.15) is 23.7 Å². The molecule has 270 valence electrons. The van der Waals surface area contributed by atoms with Crippen molar-refractivity contribution in [1.82, 2.24) is 5.32 Å². The molecule has 5 aliphatic heterocycles. The first-order chi connectivity index (χ1) is 23.5. The van der Waals surface area contributed by atoms with Crippen LogP contribution >= 0.6 is 0 Å². The molecular weight excluding hydrogens is 624 g/mol. The molecule has 0 amide bonds. The lowest BCUT2D eigenvalue weighted by atomic mass is 9.57. The van der Waals surface area contributed by atoms with E-state index in [9.17, 15) is 19.8 Å². The molecule has 3 aliphatic carbocycles. The van der Waals surface area contributed by atoms with Crippen molar-refractivity contribution in [3.8, 4) is 0 Å². The van der Waals surface area contributed by atoms with Gasteiger partial charge in [0, 0.05) is 48.0 Å². The summed E-state index contributed by atoms with van der Waals surface area (Å²) in [5, 5.41) is 28.1. The van der Waals surface area contributed by atoms with E-state index in [1.807, 2.05) is 6.92 Å². The lowest BCUT2D eigenvalue weighted by Gasteiger charge is -2.61. The van der Waals surface area contributed by atoms with Crippen molar-refractivity contribution in [3.05, 3.63) is 34.4 Å². The molecule has 5 saturated heterocycles. The van der Waals surface area contributed by atoms with Gasteiger partial charge in [-0.3, -0.25) is 10.5 Å². The maximum Gasteiger partial charge on any atom is 0.333 e. The predicted octanol–water partition coefficient (Wildman–Crippen LogP) is 0.789. The SMILES string of the molecule is CC=C(C)C(=O)OC1CC2C(O)C3C(=O)CC(CO)OC3C3CC4CCNC(N)C4C4=CCC5=C4C(CC4C[NH2+]C(N)CC4C5)C1(C)OC23. The monoisotopic (exact) mass is 681 g/mol. The molecule has 16 atom stereocenters. The second kappa shape index (κ2) is 12.9. The van der Waals surface area contributed by atoms with Crippen molar-refractivity contribution in [3.63, 3.8) is 0 Å². The molecule has 0 radical (unpaired) electrons. The van der Waals surface area contributed by atoms with Gasteiger partial charge >= 0.3 is 5.97 Å². The number of fused-ring (bicyclic) bond motifs is 7. The quantitative estimate of drug-likeness (QED) is 0.184.